The smallest absolute Gasteiger partial charge is 0.341 e. The summed E-state index contributed by atoms with van der Waals surface area (Å²) >= 11 is 6.34. The minimum Gasteiger partial charge on any atom is -0.496 e. The van der Waals surface area contributed by atoms with Gasteiger partial charge in [0.2, 0.25) is 5.82 Å². The van der Waals surface area contributed by atoms with Crippen molar-refractivity contribution in [3.05, 3.63) is 53.9 Å². The van der Waals surface area contributed by atoms with Gasteiger partial charge in [0, 0.05) is 0 Å². The van der Waals surface area contributed by atoms with E-state index in [4.69, 9.17) is 35.4 Å². The fourth-order valence-electron chi connectivity index (χ4n) is 2.50. The molecule has 2 aromatic carbocycles. The lowest BCUT2D eigenvalue weighted by molar-refractivity contribution is -0.139. The van der Waals surface area contributed by atoms with Crippen molar-refractivity contribution in [2.75, 3.05) is 20.8 Å². The molecule has 0 saturated heterocycles. The number of halogens is 1. The van der Waals surface area contributed by atoms with E-state index in [-0.39, 0.29) is 10.9 Å². The van der Waals surface area contributed by atoms with Crippen LogP contribution in [-0.2, 0) is 4.79 Å². The van der Waals surface area contributed by atoms with E-state index in [9.17, 15) is 4.79 Å². The van der Waals surface area contributed by atoms with Gasteiger partial charge in [0.25, 0.3) is 5.89 Å². The zero-order valence-electron chi connectivity index (χ0n) is 15.6. The number of para-hydroxylation sites is 1. The van der Waals surface area contributed by atoms with Crippen molar-refractivity contribution >= 4 is 28.7 Å². The van der Waals surface area contributed by atoms with Crippen LogP contribution in [0.5, 0.6) is 17.2 Å². The highest BCUT2D eigenvalue weighted by Crippen LogP contribution is 2.32. The summed E-state index contributed by atoms with van der Waals surface area (Å²) in [6.45, 7) is -0.472. The SMILES string of the molecule is COc1cc(/C=C(\Cl)c2nc(-c3ccccc3OC)no2)ccc1OCC(=O)O. The first-order valence-electron chi connectivity index (χ1n) is 8.39. The first kappa shape index (κ1) is 20.2. The number of aliphatic carboxylic acids is 1. The quantitative estimate of drug-likeness (QED) is 0.588. The number of rotatable bonds is 8. The molecule has 3 aromatic rings. The fraction of sp³-hybridized carbons (Fsp3) is 0.150. The number of aromatic nitrogens is 2. The Morgan fingerprint density at radius 1 is 1.14 bits per heavy atom. The third-order valence-electron chi connectivity index (χ3n) is 3.81. The average Bonchev–Trinajstić information content (AvgIpc) is 3.22. The molecule has 0 radical (unpaired) electrons. The summed E-state index contributed by atoms with van der Waals surface area (Å²) in [5, 5.41) is 12.9. The van der Waals surface area contributed by atoms with Crippen LogP contribution in [0.25, 0.3) is 22.5 Å². The van der Waals surface area contributed by atoms with Crippen molar-refractivity contribution < 1.29 is 28.6 Å². The molecule has 0 bridgehead atoms. The zero-order valence-corrected chi connectivity index (χ0v) is 16.3. The Hall–Kier alpha value is -3.52. The van der Waals surface area contributed by atoms with E-state index >= 15 is 0 Å². The van der Waals surface area contributed by atoms with E-state index in [0.29, 0.717) is 34.2 Å². The van der Waals surface area contributed by atoms with E-state index in [1.165, 1.54) is 7.11 Å². The normalized spacial score (nSPS) is 11.2. The third-order valence-corrected chi connectivity index (χ3v) is 4.08. The lowest BCUT2D eigenvalue weighted by Crippen LogP contribution is -2.10. The summed E-state index contributed by atoms with van der Waals surface area (Å²) in [6.07, 6.45) is 1.62. The Morgan fingerprint density at radius 3 is 2.62 bits per heavy atom. The summed E-state index contributed by atoms with van der Waals surface area (Å²) in [4.78, 5) is 15.0. The van der Waals surface area contributed by atoms with Gasteiger partial charge in [0.15, 0.2) is 18.1 Å². The maximum absolute atomic E-state index is 10.7. The first-order valence-corrected chi connectivity index (χ1v) is 8.77. The molecular formula is C20H17ClN2O6. The molecule has 8 nitrogen and oxygen atoms in total. The van der Waals surface area contributed by atoms with Gasteiger partial charge in [-0.15, -0.1) is 0 Å². The standard InChI is InChI=1S/C20H17ClN2O6/c1-26-15-6-4-3-5-13(15)19-22-20(29-23-19)14(21)9-12-7-8-16(17(10-12)27-2)28-11-18(24)25/h3-10H,11H2,1-2H3,(H,24,25)/b14-9-. The molecule has 1 N–H and O–H groups in total. The average molecular weight is 417 g/mol. The topological polar surface area (TPSA) is 104 Å². The Morgan fingerprint density at radius 2 is 1.90 bits per heavy atom. The van der Waals surface area contributed by atoms with E-state index in [1.54, 1.807) is 37.5 Å². The minimum atomic E-state index is -1.08. The molecule has 0 aliphatic rings. The second kappa shape index (κ2) is 9.11. The molecule has 1 heterocycles. The Balaban J connectivity index is 1.84. The molecule has 0 aliphatic heterocycles. The van der Waals surface area contributed by atoms with Crippen molar-refractivity contribution in [2.24, 2.45) is 0 Å². The van der Waals surface area contributed by atoms with Crippen molar-refractivity contribution in [3.8, 4) is 28.6 Å². The van der Waals surface area contributed by atoms with Crippen LogP contribution in [0.3, 0.4) is 0 Å². The Bertz CT molecular complexity index is 1050. The number of carbonyl (C=O) groups is 1. The molecule has 0 unspecified atom stereocenters. The van der Waals surface area contributed by atoms with Crippen LogP contribution in [0.2, 0.25) is 0 Å². The lowest BCUT2D eigenvalue weighted by Gasteiger charge is -2.09. The van der Waals surface area contributed by atoms with Crippen molar-refractivity contribution in [2.45, 2.75) is 0 Å². The molecule has 0 fully saturated rings. The molecule has 29 heavy (non-hydrogen) atoms. The fourth-order valence-corrected chi connectivity index (χ4v) is 2.70. The van der Waals surface area contributed by atoms with Crippen LogP contribution in [0.1, 0.15) is 11.5 Å². The Labute approximate surface area is 171 Å². The van der Waals surface area contributed by atoms with Crippen LogP contribution in [-0.4, -0.2) is 42.0 Å². The zero-order chi connectivity index (χ0) is 20.8. The van der Waals surface area contributed by atoms with Crippen LogP contribution in [0.4, 0.5) is 0 Å². The number of ether oxygens (including phenoxy) is 3. The maximum Gasteiger partial charge on any atom is 0.341 e. The minimum absolute atomic E-state index is 0.137. The first-order chi connectivity index (χ1) is 14.0. The summed E-state index contributed by atoms with van der Waals surface area (Å²) in [7, 11) is 3.01. The molecule has 0 atom stereocenters. The third kappa shape index (κ3) is 4.85. The van der Waals surface area contributed by atoms with Gasteiger partial charge in [0.05, 0.1) is 19.8 Å². The highest BCUT2D eigenvalue weighted by Gasteiger charge is 2.15. The van der Waals surface area contributed by atoms with Crippen molar-refractivity contribution in [1.29, 1.82) is 0 Å². The summed E-state index contributed by atoms with van der Waals surface area (Å²) in [5.74, 6) is 0.684. The van der Waals surface area contributed by atoms with Crippen LogP contribution < -0.4 is 14.2 Å². The van der Waals surface area contributed by atoms with Crippen LogP contribution in [0.15, 0.2) is 47.0 Å². The predicted molar refractivity (Wildman–Crippen MR) is 106 cm³/mol. The van der Waals surface area contributed by atoms with Gasteiger partial charge in [-0.3, -0.25) is 0 Å². The van der Waals surface area contributed by atoms with Gasteiger partial charge in [-0.1, -0.05) is 35.0 Å². The Kier molecular flexibility index (Phi) is 6.36. The number of methoxy groups -OCH3 is 2. The monoisotopic (exact) mass is 416 g/mol. The molecule has 0 aliphatic carbocycles. The largest absolute Gasteiger partial charge is 0.496 e. The highest BCUT2D eigenvalue weighted by atomic mass is 35.5. The summed E-state index contributed by atoms with van der Waals surface area (Å²) in [6, 6.07) is 12.2. The molecule has 0 amide bonds. The second-order valence-corrected chi connectivity index (χ2v) is 6.12. The maximum atomic E-state index is 10.7. The van der Waals surface area contributed by atoms with Crippen molar-refractivity contribution in [3.63, 3.8) is 0 Å². The molecule has 3 rings (SSSR count). The van der Waals surface area contributed by atoms with Gasteiger partial charge in [-0.25, -0.2) is 4.79 Å². The molecule has 9 heteroatoms. The molecular weight excluding hydrogens is 400 g/mol. The summed E-state index contributed by atoms with van der Waals surface area (Å²) < 4.78 is 21.0. The molecule has 150 valence electrons. The molecule has 1 aromatic heterocycles. The van der Waals surface area contributed by atoms with Crippen LogP contribution >= 0.6 is 11.6 Å². The number of nitrogens with zero attached hydrogens (tertiary/aromatic N) is 2. The van der Waals surface area contributed by atoms with Gasteiger partial charge >= 0.3 is 5.97 Å². The highest BCUT2D eigenvalue weighted by molar-refractivity contribution is 6.50. The second-order valence-electron chi connectivity index (χ2n) is 5.71. The summed E-state index contributed by atoms with van der Waals surface area (Å²) in [5.41, 5.74) is 1.35. The van der Waals surface area contributed by atoms with Crippen molar-refractivity contribution in [1.82, 2.24) is 10.1 Å². The van der Waals surface area contributed by atoms with Gasteiger partial charge in [0.1, 0.15) is 10.8 Å². The number of hydrogen-bond acceptors (Lipinski definition) is 7. The lowest BCUT2D eigenvalue weighted by atomic mass is 10.2. The number of benzene rings is 2. The van der Waals surface area contributed by atoms with E-state index < -0.39 is 12.6 Å². The van der Waals surface area contributed by atoms with Gasteiger partial charge in [-0.05, 0) is 35.9 Å². The number of carboxylic acids is 1. The number of hydrogen-bond donors (Lipinski definition) is 1. The molecule has 0 spiro atoms. The van der Waals surface area contributed by atoms with Gasteiger partial charge < -0.3 is 23.8 Å². The van der Waals surface area contributed by atoms with Crippen LogP contribution in [0, 0.1) is 0 Å². The molecule has 0 saturated carbocycles. The van der Waals surface area contributed by atoms with Gasteiger partial charge in [-0.2, -0.15) is 4.98 Å². The van der Waals surface area contributed by atoms with E-state index in [1.807, 2.05) is 18.2 Å². The van der Waals surface area contributed by atoms with E-state index in [0.717, 1.165) is 0 Å². The number of carboxylic acid groups (broad SMARTS) is 1. The predicted octanol–water partition coefficient (Wildman–Crippen LogP) is 3.95. The van der Waals surface area contributed by atoms with E-state index in [2.05, 4.69) is 10.1 Å².